The maximum absolute atomic E-state index is 14.2. The fourth-order valence-corrected chi connectivity index (χ4v) is 7.00. The minimum absolute atomic E-state index is 0.0163. The molecule has 2 amide bonds. The van der Waals surface area contributed by atoms with Gasteiger partial charge in [0.15, 0.2) is 0 Å². The van der Waals surface area contributed by atoms with Crippen molar-refractivity contribution in [1.82, 2.24) is 10.2 Å². The minimum atomic E-state index is -4.88. The second kappa shape index (κ2) is 14.2. The molecule has 0 heterocycles. The Morgan fingerprint density at radius 3 is 2.24 bits per heavy atom. The molecule has 1 aliphatic carbocycles. The van der Waals surface area contributed by atoms with Crippen LogP contribution < -0.4 is 9.62 Å². The molecule has 4 rings (SSSR count). The molecule has 12 heteroatoms. The Labute approximate surface area is 267 Å². The van der Waals surface area contributed by atoms with Crippen molar-refractivity contribution >= 4 is 39.1 Å². The predicted octanol–water partition coefficient (Wildman–Crippen LogP) is 7.04. The van der Waals surface area contributed by atoms with E-state index in [0.717, 1.165) is 60.9 Å². The molecule has 0 unspecified atom stereocenters. The molecule has 0 saturated heterocycles. The highest BCUT2D eigenvalue weighted by atomic mass is 35.5. The number of nitrogens with zero attached hydrogens (tertiary/aromatic N) is 2. The smallest absolute Gasteiger partial charge is 0.352 e. The Morgan fingerprint density at radius 2 is 1.62 bits per heavy atom. The molecular formula is C33H37ClF3N3O4S. The van der Waals surface area contributed by atoms with Gasteiger partial charge in [0.2, 0.25) is 11.8 Å². The molecule has 7 nitrogen and oxygen atoms in total. The molecule has 0 aromatic heterocycles. The summed E-state index contributed by atoms with van der Waals surface area (Å²) in [5.41, 5.74) is 0.726. The van der Waals surface area contributed by atoms with Crippen molar-refractivity contribution in [3.05, 3.63) is 94.0 Å². The van der Waals surface area contributed by atoms with Crippen LogP contribution in [0.4, 0.5) is 18.9 Å². The summed E-state index contributed by atoms with van der Waals surface area (Å²) in [6.45, 7) is 4.30. The topological polar surface area (TPSA) is 86.8 Å². The molecule has 1 saturated carbocycles. The Bertz CT molecular complexity index is 1620. The summed E-state index contributed by atoms with van der Waals surface area (Å²) in [7, 11) is -4.55. The molecule has 0 spiro atoms. The van der Waals surface area contributed by atoms with E-state index in [-0.39, 0.29) is 23.4 Å². The van der Waals surface area contributed by atoms with Crippen LogP contribution in [0.15, 0.2) is 71.6 Å². The first-order chi connectivity index (χ1) is 21.2. The molecule has 0 aliphatic heterocycles. The number of carbonyl (C=O) groups is 2. The third-order valence-electron chi connectivity index (χ3n) is 8.15. The second-order valence-corrected chi connectivity index (χ2v) is 13.7. The first-order valence-corrected chi connectivity index (χ1v) is 16.6. The highest BCUT2D eigenvalue weighted by Gasteiger charge is 2.37. The van der Waals surface area contributed by atoms with E-state index in [2.05, 4.69) is 5.32 Å². The van der Waals surface area contributed by atoms with Crippen molar-refractivity contribution < 1.29 is 31.2 Å². The molecule has 1 aliphatic rings. The van der Waals surface area contributed by atoms with Crippen LogP contribution in [0.2, 0.25) is 5.02 Å². The molecule has 1 atom stereocenters. The van der Waals surface area contributed by atoms with Crippen LogP contribution in [-0.4, -0.2) is 43.8 Å². The average Bonchev–Trinajstić information content (AvgIpc) is 2.99. The summed E-state index contributed by atoms with van der Waals surface area (Å²) < 4.78 is 70.1. The highest BCUT2D eigenvalue weighted by molar-refractivity contribution is 7.92. The van der Waals surface area contributed by atoms with Gasteiger partial charge >= 0.3 is 6.18 Å². The lowest BCUT2D eigenvalue weighted by atomic mass is 9.95. The van der Waals surface area contributed by atoms with Crippen LogP contribution in [0.25, 0.3) is 0 Å². The molecule has 0 bridgehead atoms. The molecule has 1 fully saturated rings. The van der Waals surface area contributed by atoms with Gasteiger partial charge in [0.05, 0.1) is 21.2 Å². The quantitative estimate of drug-likeness (QED) is 0.252. The SMILES string of the molecule is Cc1ccc(S(=O)(=O)N(CC(=O)N(Cc2ccccc2C)[C@@H](C)C(=O)NC2CCCCC2)c2ccc(Cl)c(C(F)(F)F)c2)cc1. The number of hydrogen-bond donors (Lipinski definition) is 1. The lowest BCUT2D eigenvalue weighted by Gasteiger charge is -2.33. The maximum Gasteiger partial charge on any atom is 0.417 e. The Morgan fingerprint density at radius 1 is 0.978 bits per heavy atom. The third-order valence-corrected chi connectivity index (χ3v) is 10.3. The van der Waals surface area contributed by atoms with Gasteiger partial charge in [0.1, 0.15) is 12.6 Å². The van der Waals surface area contributed by atoms with Crippen molar-refractivity contribution in [2.45, 2.75) is 82.6 Å². The van der Waals surface area contributed by atoms with Crippen LogP contribution in [0.1, 0.15) is 61.3 Å². The zero-order valence-electron chi connectivity index (χ0n) is 25.4. The van der Waals surface area contributed by atoms with Crippen molar-refractivity contribution in [1.29, 1.82) is 0 Å². The van der Waals surface area contributed by atoms with E-state index in [1.165, 1.54) is 17.0 Å². The number of aryl methyl sites for hydroxylation is 2. The Balaban J connectivity index is 1.75. The molecular weight excluding hydrogens is 627 g/mol. The van der Waals surface area contributed by atoms with Gasteiger partial charge < -0.3 is 10.2 Å². The first kappa shape index (κ1) is 34.3. The van der Waals surface area contributed by atoms with Gasteiger partial charge in [-0.05, 0) is 75.1 Å². The van der Waals surface area contributed by atoms with Gasteiger partial charge in [-0.25, -0.2) is 8.42 Å². The van der Waals surface area contributed by atoms with E-state index >= 15 is 0 Å². The largest absolute Gasteiger partial charge is 0.417 e. The molecule has 3 aromatic carbocycles. The van der Waals surface area contributed by atoms with E-state index in [1.807, 2.05) is 19.1 Å². The number of sulfonamides is 1. The highest BCUT2D eigenvalue weighted by Crippen LogP contribution is 2.38. The lowest BCUT2D eigenvalue weighted by Crippen LogP contribution is -2.53. The molecule has 1 N–H and O–H groups in total. The molecule has 45 heavy (non-hydrogen) atoms. The van der Waals surface area contributed by atoms with Crippen molar-refractivity contribution in [3.63, 3.8) is 0 Å². The fourth-order valence-electron chi connectivity index (χ4n) is 5.37. The Hall–Kier alpha value is -3.57. The van der Waals surface area contributed by atoms with E-state index in [4.69, 9.17) is 11.6 Å². The number of halogens is 4. The summed E-state index contributed by atoms with van der Waals surface area (Å²) >= 11 is 5.84. The van der Waals surface area contributed by atoms with Gasteiger partial charge in [-0.2, -0.15) is 13.2 Å². The maximum atomic E-state index is 14.2. The standard InChI is InChI=1S/C33H37ClF3N3O4S/c1-22-13-16-28(17-14-22)45(43,44)40(27-15-18-30(34)29(19-27)33(35,36)37)21-31(41)39(20-25-10-8-7-9-23(25)2)24(3)32(42)38-26-11-5-4-6-12-26/h7-10,13-19,24,26H,4-6,11-12,20-21H2,1-3H3,(H,38,42)/t24-/m0/s1. The number of alkyl halides is 3. The van der Waals surface area contributed by atoms with Crippen molar-refractivity contribution in [3.8, 4) is 0 Å². The minimum Gasteiger partial charge on any atom is -0.352 e. The van der Waals surface area contributed by atoms with Crippen molar-refractivity contribution in [2.75, 3.05) is 10.8 Å². The van der Waals surface area contributed by atoms with E-state index in [0.29, 0.717) is 10.4 Å². The molecule has 3 aromatic rings. The average molecular weight is 664 g/mol. The second-order valence-electron chi connectivity index (χ2n) is 11.5. The number of hydrogen-bond acceptors (Lipinski definition) is 4. The first-order valence-electron chi connectivity index (χ1n) is 14.8. The lowest BCUT2D eigenvalue weighted by molar-refractivity contribution is -0.139. The number of nitrogens with one attached hydrogen (secondary N) is 1. The summed E-state index contributed by atoms with van der Waals surface area (Å²) in [5.74, 6) is -1.15. The summed E-state index contributed by atoms with van der Waals surface area (Å²) in [5, 5.41) is 2.42. The van der Waals surface area contributed by atoms with E-state index in [9.17, 15) is 31.2 Å². The summed E-state index contributed by atoms with van der Waals surface area (Å²) in [4.78, 5) is 28.7. The fraction of sp³-hybridized carbons (Fsp3) is 0.394. The van der Waals surface area contributed by atoms with Gasteiger partial charge in [-0.3, -0.25) is 13.9 Å². The summed E-state index contributed by atoms with van der Waals surface area (Å²) in [6, 6.07) is 14.7. The Kier molecular flexibility index (Phi) is 10.9. The number of benzene rings is 3. The van der Waals surface area contributed by atoms with Crippen LogP contribution in [0.5, 0.6) is 0 Å². The normalized spacial score (nSPS) is 14.9. The van der Waals surface area contributed by atoms with E-state index < -0.39 is 51.0 Å². The number of carbonyl (C=O) groups excluding carboxylic acids is 2. The monoisotopic (exact) mass is 663 g/mol. The van der Waals surface area contributed by atoms with Gasteiger partial charge in [-0.15, -0.1) is 0 Å². The van der Waals surface area contributed by atoms with E-state index in [1.54, 1.807) is 38.1 Å². The zero-order valence-corrected chi connectivity index (χ0v) is 27.0. The summed E-state index contributed by atoms with van der Waals surface area (Å²) in [6.07, 6.45) is -0.170. The number of rotatable bonds is 10. The molecule has 242 valence electrons. The third kappa shape index (κ3) is 8.38. The van der Waals surface area contributed by atoms with Crippen LogP contribution in [0, 0.1) is 13.8 Å². The van der Waals surface area contributed by atoms with Gasteiger partial charge in [0, 0.05) is 12.6 Å². The molecule has 0 radical (unpaired) electrons. The number of amides is 2. The van der Waals surface area contributed by atoms with Crippen molar-refractivity contribution in [2.24, 2.45) is 0 Å². The van der Waals surface area contributed by atoms with Crippen LogP contribution in [0.3, 0.4) is 0 Å². The van der Waals surface area contributed by atoms with Crippen LogP contribution >= 0.6 is 11.6 Å². The van der Waals surface area contributed by atoms with Crippen LogP contribution in [-0.2, 0) is 32.3 Å². The van der Waals surface area contributed by atoms with Gasteiger partial charge in [-0.1, -0.05) is 72.8 Å². The van der Waals surface area contributed by atoms with Gasteiger partial charge in [0.25, 0.3) is 10.0 Å². The predicted molar refractivity (Wildman–Crippen MR) is 168 cm³/mol. The zero-order chi connectivity index (χ0) is 32.9. The number of anilines is 1.